The molecule has 10 heteroatoms. The number of sulfonamides is 1. The van der Waals surface area contributed by atoms with Crippen LogP contribution < -0.4 is 10.6 Å². The van der Waals surface area contributed by atoms with Crippen LogP contribution in [0.4, 0.5) is 16.2 Å². The van der Waals surface area contributed by atoms with Gasteiger partial charge in [-0.3, -0.25) is 10.1 Å². The number of nitrogens with zero attached hydrogens (tertiary/aromatic N) is 1. The number of rotatable bonds is 6. The maximum absolute atomic E-state index is 14.1. The van der Waals surface area contributed by atoms with Gasteiger partial charge in [0.1, 0.15) is 21.8 Å². The number of ketones is 1. The first-order valence-electron chi connectivity index (χ1n) is 12.7. The highest BCUT2D eigenvalue weighted by Gasteiger charge is 2.48. The molecule has 0 spiro atoms. The summed E-state index contributed by atoms with van der Waals surface area (Å²) in [6.07, 6.45) is 1.81. The van der Waals surface area contributed by atoms with Crippen LogP contribution in [0.15, 0.2) is 57.3 Å². The molecule has 9 nitrogen and oxygen atoms in total. The molecule has 2 aliphatic rings. The number of aliphatic hydroxyl groups excluding tert-OH is 1. The van der Waals surface area contributed by atoms with Gasteiger partial charge in [-0.25, -0.2) is 4.79 Å². The molecule has 2 aromatic carbocycles. The van der Waals surface area contributed by atoms with Crippen molar-refractivity contribution >= 4 is 44.9 Å². The first-order chi connectivity index (χ1) is 17.8. The number of hydrogen-bond acceptors (Lipinski definition) is 7. The summed E-state index contributed by atoms with van der Waals surface area (Å²) in [5, 5.41) is 16.7. The highest BCUT2D eigenvalue weighted by molar-refractivity contribution is 7.90. The zero-order chi connectivity index (χ0) is 27.9. The van der Waals surface area contributed by atoms with Crippen molar-refractivity contribution in [2.45, 2.75) is 76.2 Å². The molecule has 0 radical (unpaired) electrons. The minimum atomic E-state index is -4.28. The summed E-state index contributed by atoms with van der Waals surface area (Å²) in [7, 11) is -4.28. The first kappa shape index (κ1) is 27.4. The summed E-state index contributed by atoms with van der Waals surface area (Å²) in [5.41, 5.74) is -0.157. The molecule has 1 amide bonds. The second-order valence-corrected chi connectivity index (χ2v) is 12.1. The lowest BCUT2D eigenvalue weighted by molar-refractivity contribution is -0.121. The third kappa shape index (κ3) is 4.92. The van der Waals surface area contributed by atoms with Crippen LogP contribution in [0.5, 0.6) is 0 Å². The summed E-state index contributed by atoms with van der Waals surface area (Å²) in [4.78, 5) is 26.1. The van der Waals surface area contributed by atoms with Crippen LogP contribution in [-0.4, -0.2) is 36.8 Å². The van der Waals surface area contributed by atoms with Crippen molar-refractivity contribution in [1.29, 1.82) is 0 Å². The number of anilines is 2. The summed E-state index contributed by atoms with van der Waals surface area (Å²) >= 11 is 0. The second-order valence-electron chi connectivity index (χ2n) is 10.6. The van der Waals surface area contributed by atoms with Gasteiger partial charge in [-0.1, -0.05) is 51.0 Å². The monoisotopic (exact) mass is 539 g/mol. The van der Waals surface area contributed by atoms with Gasteiger partial charge in [0.25, 0.3) is 10.0 Å². The van der Waals surface area contributed by atoms with Crippen LogP contribution >= 0.6 is 0 Å². The van der Waals surface area contributed by atoms with Gasteiger partial charge in [-0.05, 0) is 57.4 Å². The van der Waals surface area contributed by atoms with Crippen LogP contribution in [-0.2, 0) is 25.0 Å². The highest BCUT2D eigenvalue weighted by atomic mass is 32.2. The van der Waals surface area contributed by atoms with E-state index in [0.29, 0.717) is 18.4 Å². The number of hydrogen-bond donors (Lipinski definition) is 3. The van der Waals surface area contributed by atoms with E-state index in [-0.39, 0.29) is 39.2 Å². The maximum atomic E-state index is 14.1. The van der Waals surface area contributed by atoms with E-state index in [9.17, 15) is 23.1 Å². The van der Waals surface area contributed by atoms with Crippen molar-refractivity contribution in [3.8, 4) is 0 Å². The Labute approximate surface area is 223 Å². The number of aliphatic hydroxyl groups is 1. The molecule has 0 saturated heterocycles. The summed E-state index contributed by atoms with van der Waals surface area (Å²) in [6, 6.07) is 11.4. The third-order valence-corrected chi connectivity index (χ3v) is 7.87. The molecule has 0 atom stereocenters. The van der Waals surface area contributed by atoms with E-state index < -0.39 is 27.1 Å². The Balaban J connectivity index is 1.78. The number of carbonyl (C=O) groups excluding carboxylic acids is 2. The molecule has 0 bridgehead atoms. The lowest BCUT2D eigenvalue weighted by atomic mass is 9.63. The normalized spacial score (nSPS) is 17.6. The minimum absolute atomic E-state index is 0.143. The number of benzene rings is 2. The fourth-order valence-electron chi connectivity index (χ4n) is 5.17. The number of amidine groups is 1. The Hall–Kier alpha value is -3.66. The molecule has 38 heavy (non-hydrogen) atoms. The molecule has 202 valence electrons. The van der Waals surface area contributed by atoms with Crippen molar-refractivity contribution in [3.63, 3.8) is 0 Å². The highest BCUT2D eigenvalue weighted by Crippen LogP contribution is 2.46. The Morgan fingerprint density at radius 3 is 2.39 bits per heavy atom. The van der Waals surface area contributed by atoms with Crippen LogP contribution in [0.2, 0.25) is 0 Å². The van der Waals surface area contributed by atoms with Gasteiger partial charge < -0.3 is 15.2 Å². The zero-order valence-corrected chi connectivity index (χ0v) is 23.0. The van der Waals surface area contributed by atoms with E-state index in [1.54, 1.807) is 32.9 Å². The SMILES string of the molecule is CCCC1(CCC)C(=O)C(C2=NS(=O)(=O)c3cc(NC(=O)OC(C)(C)C)ccc3N2)=C(O)c2ccccc21. The van der Waals surface area contributed by atoms with Crippen molar-refractivity contribution in [3.05, 3.63) is 59.2 Å². The average Bonchev–Trinajstić information content (AvgIpc) is 2.82. The van der Waals surface area contributed by atoms with Crippen LogP contribution in [0, 0.1) is 0 Å². The number of amides is 1. The molecular weight excluding hydrogens is 506 g/mol. The van der Waals surface area contributed by atoms with Gasteiger partial charge in [0.2, 0.25) is 0 Å². The Kier molecular flexibility index (Phi) is 7.13. The van der Waals surface area contributed by atoms with Gasteiger partial charge in [0.05, 0.1) is 11.1 Å². The predicted octanol–water partition coefficient (Wildman–Crippen LogP) is 5.94. The average molecular weight is 540 g/mol. The largest absolute Gasteiger partial charge is 0.506 e. The molecule has 3 N–H and O–H groups in total. The van der Waals surface area contributed by atoms with Crippen molar-refractivity contribution in [1.82, 2.24) is 0 Å². The zero-order valence-electron chi connectivity index (χ0n) is 22.2. The van der Waals surface area contributed by atoms with Gasteiger partial charge in [-0.2, -0.15) is 8.42 Å². The molecule has 1 heterocycles. The predicted molar refractivity (Wildman–Crippen MR) is 147 cm³/mol. The lowest BCUT2D eigenvalue weighted by Crippen LogP contribution is -2.44. The minimum Gasteiger partial charge on any atom is -0.506 e. The van der Waals surface area contributed by atoms with E-state index in [2.05, 4.69) is 15.0 Å². The van der Waals surface area contributed by atoms with E-state index in [4.69, 9.17) is 4.74 Å². The number of carbonyl (C=O) groups is 2. The van der Waals surface area contributed by atoms with E-state index in [1.807, 2.05) is 26.0 Å². The van der Waals surface area contributed by atoms with Crippen molar-refractivity contribution in [2.75, 3.05) is 10.6 Å². The first-order valence-corrected chi connectivity index (χ1v) is 14.1. The second kappa shape index (κ2) is 9.90. The number of Topliss-reactive ketones (excluding diaryl/α,β-unsaturated/α-hetero) is 1. The molecule has 1 aliphatic heterocycles. The lowest BCUT2D eigenvalue weighted by Gasteiger charge is -2.39. The molecule has 0 saturated carbocycles. The molecule has 0 fully saturated rings. The van der Waals surface area contributed by atoms with E-state index in [1.165, 1.54) is 18.2 Å². The van der Waals surface area contributed by atoms with Crippen LogP contribution in [0.25, 0.3) is 5.76 Å². The molecule has 0 aromatic heterocycles. The fraction of sp³-hybridized carbons (Fsp3) is 0.393. The standard InChI is InChI=1S/C28H33N3O6S/c1-6-14-28(15-7-2)19-11-9-8-10-18(19)23(32)22(24(28)33)25-30-20-13-12-17(16-21(20)38(35,36)31-25)29-26(34)37-27(3,4)5/h8-13,16,32H,6-7,14-15H2,1-5H3,(H,29,34)(H,30,31). The summed E-state index contributed by atoms with van der Waals surface area (Å²) in [6.45, 7) is 9.13. The van der Waals surface area contributed by atoms with E-state index >= 15 is 0 Å². The van der Waals surface area contributed by atoms with E-state index in [0.717, 1.165) is 18.4 Å². The molecule has 1 aliphatic carbocycles. The van der Waals surface area contributed by atoms with Crippen molar-refractivity contribution in [2.24, 2.45) is 4.40 Å². The summed E-state index contributed by atoms with van der Waals surface area (Å²) in [5.74, 6) is -0.883. The molecule has 0 unspecified atom stereocenters. The smallest absolute Gasteiger partial charge is 0.412 e. The Morgan fingerprint density at radius 1 is 1.11 bits per heavy atom. The van der Waals surface area contributed by atoms with Gasteiger partial charge in [0.15, 0.2) is 11.6 Å². The van der Waals surface area contributed by atoms with Gasteiger partial charge >= 0.3 is 6.09 Å². The molecule has 2 aromatic rings. The van der Waals surface area contributed by atoms with Crippen molar-refractivity contribution < 1.29 is 27.9 Å². The molecular formula is C28H33N3O6S. The van der Waals surface area contributed by atoms with Gasteiger partial charge in [-0.15, -0.1) is 4.40 Å². The fourth-order valence-corrected chi connectivity index (χ4v) is 6.32. The number of nitrogens with one attached hydrogen (secondary N) is 2. The summed E-state index contributed by atoms with van der Waals surface area (Å²) < 4.78 is 35.7. The number of ether oxygens (including phenoxy) is 1. The van der Waals surface area contributed by atoms with Gasteiger partial charge in [0, 0.05) is 11.3 Å². The topological polar surface area (TPSA) is 134 Å². The Morgan fingerprint density at radius 2 is 1.76 bits per heavy atom. The quantitative estimate of drug-likeness (QED) is 0.414. The third-order valence-electron chi connectivity index (χ3n) is 6.56. The van der Waals surface area contributed by atoms with Crippen LogP contribution in [0.1, 0.15) is 71.4 Å². The maximum Gasteiger partial charge on any atom is 0.412 e. The number of fused-ring (bicyclic) bond motifs is 2. The molecule has 4 rings (SSSR count). The Bertz CT molecular complexity index is 1460. The van der Waals surface area contributed by atoms with Crippen LogP contribution in [0.3, 0.4) is 0 Å².